The summed E-state index contributed by atoms with van der Waals surface area (Å²) >= 11 is 0. The molecule has 1 aliphatic rings. The van der Waals surface area contributed by atoms with Crippen molar-refractivity contribution in [3.05, 3.63) is 0 Å². The van der Waals surface area contributed by atoms with Crippen molar-refractivity contribution in [2.24, 2.45) is 11.1 Å². The van der Waals surface area contributed by atoms with Gasteiger partial charge in [-0.3, -0.25) is 4.79 Å². The Hall–Kier alpha value is -1.35. The summed E-state index contributed by atoms with van der Waals surface area (Å²) in [5, 5.41) is 16.2. The maximum Gasteiger partial charge on any atom is 0.317 e. The van der Waals surface area contributed by atoms with E-state index in [1.165, 1.54) is 0 Å². The molecule has 1 rings (SSSR count). The number of nitrogens with one attached hydrogen (secondary N) is 1. The van der Waals surface area contributed by atoms with E-state index in [0.29, 0.717) is 25.9 Å². The zero-order valence-corrected chi connectivity index (χ0v) is 12.1. The van der Waals surface area contributed by atoms with Crippen molar-refractivity contribution >= 4 is 22.0 Å². The number of carboxylic acids is 1. The van der Waals surface area contributed by atoms with Crippen LogP contribution in [0.2, 0.25) is 0 Å². The Kier molecular flexibility index (Phi) is 6.21. The predicted molar refractivity (Wildman–Crippen MR) is 72.5 cm³/mol. The standard InChI is InChI=1S/C11H21N3O5S/c12-20(18,19)7-1-4-13-11(17)14-5-2-9(3-6-14)8-10(15)16/h9H,1-8H2,(H,13,17)(H,15,16)(H2,12,18,19). The minimum atomic E-state index is -3.49. The molecule has 0 unspecified atom stereocenters. The third-order valence-corrected chi connectivity index (χ3v) is 4.10. The van der Waals surface area contributed by atoms with Gasteiger partial charge in [-0.1, -0.05) is 0 Å². The molecule has 0 radical (unpaired) electrons. The molecule has 0 aromatic heterocycles. The first-order valence-corrected chi connectivity index (χ1v) is 8.24. The number of sulfonamides is 1. The average Bonchev–Trinajstić information content (AvgIpc) is 2.33. The van der Waals surface area contributed by atoms with Crippen LogP contribution in [0.3, 0.4) is 0 Å². The Bertz CT molecular complexity index is 443. The van der Waals surface area contributed by atoms with Crippen LogP contribution in [0.15, 0.2) is 0 Å². The van der Waals surface area contributed by atoms with Crippen molar-refractivity contribution in [1.29, 1.82) is 0 Å². The summed E-state index contributed by atoms with van der Waals surface area (Å²) in [7, 11) is -3.49. The van der Waals surface area contributed by atoms with E-state index in [0.717, 1.165) is 0 Å². The highest BCUT2D eigenvalue weighted by molar-refractivity contribution is 7.89. The van der Waals surface area contributed by atoms with Gasteiger partial charge in [0.25, 0.3) is 0 Å². The van der Waals surface area contributed by atoms with Gasteiger partial charge in [-0.05, 0) is 25.2 Å². The molecule has 0 aromatic rings. The summed E-state index contributed by atoms with van der Waals surface area (Å²) in [6.07, 6.45) is 1.78. The molecule has 4 N–H and O–H groups in total. The van der Waals surface area contributed by atoms with Crippen LogP contribution in [-0.2, 0) is 14.8 Å². The Morgan fingerprint density at radius 2 is 1.90 bits per heavy atom. The SMILES string of the molecule is NS(=O)(=O)CCCNC(=O)N1CCC(CC(=O)O)CC1. The lowest BCUT2D eigenvalue weighted by Crippen LogP contribution is -2.45. The second-order valence-electron chi connectivity index (χ2n) is 4.98. The molecule has 8 nitrogen and oxygen atoms in total. The Morgan fingerprint density at radius 1 is 1.30 bits per heavy atom. The number of piperidine rings is 1. The Balaban J connectivity index is 2.21. The molecule has 1 saturated heterocycles. The van der Waals surface area contributed by atoms with Gasteiger partial charge in [-0.25, -0.2) is 18.4 Å². The number of hydrogen-bond acceptors (Lipinski definition) is 4. The van der Waals surface area contributed by atoms with E-state index in [1.807, 2.05) is 0 Å². The van der Waals surface area contributed by atoms with Crippen LogP contribution in [0.5, 0.6) is 0 Å². The molecule has 20 heavy (non-hydrogen) atoms. The number of nitrogens with zero attached hydrogens (tertiary/aromatic N) is 1. The van der Waals surface area contributed by atoms with Crippen LogP contribution < -0.4 is 10.5 Å². The van der Waals surface area contributed by atoms with E-state index in [9.17, 15) is 18.0 Å². The Morgan fingerprint density at radius 3 is 2.40 bits per heavy atom. The molecule has 1 aliphatic heterocycles. The molecule has 1 fully saturated rings. The molecule has 0 bridgehead atoms. The molecular formula is C11H21N3O5S. The number of carboxylic acid groups (broad SMARTS) is 1. The smallest absolute Gasteiger partial charge is 0.317 e. The van der Waals surface area contributed by atoms with Crippen molar-refractivity contribution in [1.82, 2.24) is 10.2 Å². The van der Waals surface area contributed by atoms with E-state index < -0.39 is 16.0 Å². The molecule has 0 aliphatic carbocycles. The van der Waals surface area contributed by atoms with Crippen molar-refractivity contribution < 1.29 is 23.1 Å². The van der Waals surface area contributed by atoms with Gasteiger partial charge in [0.2, 0.25) is 10.0 Å². The lowest BCUT2D eigenvalue weighted by Gasteiger charge is -2.31. The van der Waals surface area contributed by atoms with Crippen LogP contribution in [0, 0.1) is 5.92 Å². The number of aliphatic carboxylic acids is 1. The summed E-state index contributed by atoms with van der Waals surface area (Å²) in [6.45, 7) is 1.31. The number of carbonyl (C=O) groups is 2. The molecule has 0 spiro atoms. The third kappa shape index (κ3) is 6.71. The lowest BCUT2D eigenvalue weighted by molar-refractivity contribution is -0.138. The van der Waals surface area contributed by atoms with Crippen LogP contribution in [0.25, 0.3) is 0 Å². The molecule has 1 heterocycles. The quantitative estimate of drug-likeness (QED) is 0.573. The third-order valence-electron chi connectivity index (χ3n) is 3.25. The topological polar surface area (TPSA) is 130 Å². The average molecular weight is 307 g/mol. The summed E-state index contributed by atoms with van der Waals surface area (Å²) < 4.78 is 21.4. The highest BCUT2D eigenvalue weighted by Gasteiger charge is 2.23. The van der Waals surface area contributed by atoms with Crippen LogP contribution in [-0.4, -0.2) is 55.8 Å². The second-order valence-corrected chi connectivity index (χ2v) is 6.71. The lowest BCUT2D eigenvalue weighted by atomic mass is 9.94. The van der Waals surface area contributed by atoms with E-state index in [4.69, 9.17) is 10.2 Å². The number of nitrogens with two attached hydrogens (primary N) is 1. The van der Waals surface area contributed by atoms with E-state index in [2.05, 4.69) is 5.32 Å². The van der Waals surface area contributed by atoms with Gasteiger partial charge in [0, 0.05) is 26.1 Å². The van der Waals surface area contributed by atoms with Gasteiger partial charge in [0.15, 0.2) is 0 Å². The number of hydrogen-bond donors (Lipinski definition) is 3. The number of carbonyl (C=O) groups excluding carboxylic acids is 1. The molecule has 0 aromatic carbocycles. The van der Waals surface area contributed by atoms with E-state index >= 15 is 0 Å². The van der Waals surface area contributed by atoms with Gasteiger partial charge >= 0.3 is 12.0 Å². The van der Waals surface area contributed by atoms with Gasteiger partial charge in [-0.2, -0.15) is 0 Å². The van der Waals surface area contributed by atoms with E-state index in [-0.39, 0.29) is 37.1 Å². The minimum Gasteiger partial charge on any atom is -0.481 e. The first-order chi connectivity index (χ1) is 9.28. The maximum atomic E-state index is 11.8. The summed E-state index contributed by atoms with van der Waals surface area (Å²) in [6, 6.07) is -0.242. The number of rotatable bonds is 6. The maximum absolute atomic E-state index is 11.8. The Labute approximate surface area is 118 Å². The largest absolute Gasteiger partial charge is 0.481 e. The highest BCUT2D eigenvalue weighted by Crippen LogP contribution is 2.20. The van der Waals surface area contributed by atoms with Gasteiger partial charge in [0.05, 0.1) is 5.75 Å². The second kappa shape index (κ2) is 7.44. The predicted octanol–water partition coefficient (Wildman–Crippen LogP) is -0.439. The van der Waals surface area contributed by atoms with Crippen LogP contribution >= 0.6 is 0 Å². The molecule has 0 atom stereocenters. The summed E-state index contributed by atoms with van der Waals surface area (Å²) in [5.41, 5.74) is 0. The summed E-state index contributed by atoms with van der Waals surface area (Å²) in [4.78, 5) is 24.0. The molecular weight excluding hydrogens is 286 g/mol. The summed E-state index contributed by atoms with van der Waals surface area (Å²) in [5.74, 6) is -0.844. The molecule has 2 amide bonds. The van der Waals surface area contributed by atoms with Gasteiger partial charge in [0.1, 0.15) is 0 Å². The zero-order chi connectivity index (χ0) is 15.2. The van der Waals surface area contributed by atoms with Gasteiger partial charge < -0.3 is 15.3 Å². The normalized spacial score (nSPS) is 16.9. The van der Waals surface area contributed by atoms with Crippen molar-refractivity contribution in [3.8, 4) is 0 Å². The molecule has 9 heteroatoms. The molecule has 116 valence electrons. The number of primary sulfonamides is 1. The van der Waals surface area contributed by atoms with E-state index in [1.54, 1.807) is 4.90 Å². The minimum absolute atomic E-state index is 0.124. The highest BCUT2D eigenvalue weighted by atomic mass is 32.2. The first kappa shape index (κ1) is 16.7. The fraction of sp³-hybridized carbons (Fsp3) is 0.818. The fourth-order valence-corrected chi connectivity index (χ4v) is 2.71. The first-order valence-electron chi connectivity index (χ1n) is 6.53. The molecule has 0 saturated carbocycles. The van der Waals surface area contributed by atoms with Crippen molar-refractivity contribution in [3.63, 3.8) is 0 Å². The van der Waals surface area contributed by atoms with Gasteiger partial charge in [-0.15, -0.1) is 0 Å². The fourth-order valence-electron chi connectivity index (χ4n) is 2.17. The number of urea groups is 1. The zero-order valence-electron chi connectivity index (χ0n) is 11.2. The monoisotopic (exact) mass is 307 g/mol. The number of likely N-dealkylation sites (tertiary alicyclic amines) is 1. The van der Waals surface area contributed by atoms with Crippen molar-refractivity contribution in [2.75, 3.05) is 25.4 Å². The van der Waals surface area contributed by atoms with Crippen LogP contribution in [0.4, 0.5) is 4.79 Å². The van der Waals surface area contributed by atoms with Crippen molar-refractivity contribution in [2.45, 2.75) is 25.7 Å². The van der Waals surface area contributed by atoms with Crippen LogP contribution in [0.1, 0.15) is 25.7 Å². The number of amides is 2.